The molecule has 14 rings (SSSR count). The number of benzene rings is 10. The Balaban J connectivity index is 1.08. The number of fused-ring (bicyclic) bond motifs is 2. The van der Waals surface area contributed by atoms with Crippen LogP contribution in [-0.4, -0.2) is 44.9 Å². The van der Waals surface area contributed by atoms with Gasteiger partial charge in [0.05, 0.1) is 40.1 Å². The van der Waals surface area contributed by atoms with Crippen LogP contribution < -0.4 is 9.80 Å². The number of anilines is 6. The highest BCUT2D eigenvalue weighted by Crippen LogP contribution is 2.57. The first-order chi connectivity index (χ1) is 40.6. The van der Waals surface area contributed by atoms with Gasteiger partial charge in [-0.1, -0.05) is 218 Å². The van der Waals surface area contributed by atoms with Crippen LogP contribution in [0.5, 0.6) is 0 Å². The van der Waals surface area contributed by atoms with Crippen molar-refractivity contribution in [2.75, 3.05) is 9.80 Å². The standard InChI is InChI=1S/C70H44N12/c71-45-46-39-41-47(42-40-46)55-43-54(68-74-62(48-23-7-1-8-24-48)72-63(75-68)49-25-9-2-10-26-49)44-56(69-77-64(50-27-11-3-12-28-50)73-65(78-69)51-29-13-4-14-30-51)61(55)81-57-35-19-21-37-59(57)82(60-38-22-20-36-58(60)81)70-79-66(52-31-15-5-16-32-52)76-67(80-70)53-33-17-6-18-34-53/h1-44H. The zero-order chi connectivity index (χ0) is 54.8. The highest BCUT2D eigenvalue weighted by Gasteiger charge is 2.36. The average Bonchev–Trinajstić information content (AvgIpc) is 3.64. The molecule has 0 atom stereocenters. The maximum absolute atomic E-state index is 10.2. The fourth-order valence-electron chi connectivity index (χ4n) is 10.3. The van der Waals surface area contributed by atoms with Crippen molar-refractivity contribution in [3.8, 4) is 108 Å². The molecule has 12 heteroatoms. The van der Waals surface area contributed by atoms with Crippen molar-refractivity contribution in [3.05, 3.63) is 272 Å². The van der Waals surface area contributed by atoms with Crippen LogP contribution >= 0.6 is 0 Å². The molecule has 0 saturated heterocycles. The fourth-order valence-corrected chi connectivity index (χ4v) is 10.3. The van der Waals surface area contributed by atoms with Crippen molar-refractivity contribution in [2.24, 2.45) is 0 Å². The Morgan fingerprint density at radius 1 is 0.244 bits per heavy atom. The van der Waals surface area contributed by atoms with Gasteiger partial charge in [-0.3, -0.25) is 4.90 Å². The van der Waals surface area contributed by atoms with Crippen LogP contribution in [0, 0.1) is 11.3 Å². The Morgan fingerprint density at radius 3 is 0.866 bits per heavy atom. The quantitative estimate of drug-likeness (QED) is 0.121. The molecular formula is C70H44N12. The summed E-state index contributed by atoms with van der Waals surface area (Å²) in [6.45, 7) is 0. The van der Waals surface area contributed by atoms with Crippen LogP contribution in [-0.2, 0) is 0 Å². The predicted molar refractivity (Wildman–Crippen MR) is 323 cm³/mol. The first kappa shape index (κ1) is 48.7. The van der Waals surface area contributed by atoms with Crippen LogP contribution in [0.4, 0.5) is 34.4 Å². The molecule has 3 aromatic heterocycles. The third-order valence-electron chi connectivity index (χ3n) is 14.2. The van der Waals surface area contributed by atoms with Gasteiger partial charge in [-0.2, -0.15) is 15.2 Å². The molecule has 0 amide bonds. The number of nitrogens with zero attached hydrogens (tertiary/aromatic N) is 12. The molecule has 10 aromatic carbocycles. The van der Waals surface area contributed by atoms with E-state index in [4.69, 9.17) is 44.9 Å². The topological polar surface area (TPSA) is 146 Å². The summed E-state index contributed by atoms with van der Waals surface area (Å²) in [4.78, 5) is 51.7. The molecule has 4 heterocycles. The SMILES string of the molecule is N#Cc1ccc(-c2cc(-c3nc(-c4ccccc4)nc(-c4ccccc4)n3)cc(-c3nc(-c4ccccc4)nc(-c4ccccc4)n3)c2N2c3ccccc3N(c3nc(-c4ccccc4)nc(-c4ccccc4)n3)c3ccccc32)cc1. The first-order valence-corrected chi connectivity index (χ1v) is 26.7. The van der Waals surface area contributed by atoms with Crippen LogP contribution in [0.1, 0.15) is 5.56 Å². The lowest BCUT2D eigenvalue weighted by Crippen LogP contribution is -2.26. The maximum atomic E-state index is 10.2. The molecule has 12 nitrogen and oxygen atoms in total. The summed E-state index contributed by atoms with van der Waals surface area (Å²) in [5.74, 6) is 4.33. The second-order valence-electron chi connectivity index (χ2n) is 19.3. The molecule has 13 aromatic rings. The molecule has 0 radical (unpaired) electrons. The van der Waals surface area contributed by atoms with Gasteiger partial charge in [-0.25, -0.2) is 34.9 Å². The molecule has 0 bridgehead atoms. The van der Waals surface area contributed by atoms with Gasteiger partial charge >= 0.3 is 0 Å². The van der Waals surface area contributed by atoms with Crippen LogP contribution in [0.25, 0.3) is 102 Å². The fraction of sp³-hybridized carbons (Fsp3) is 0. The second-order valence-corrected chi connectivity index (χ2v) is 19.3. The van der Waals surface area contributed by atoms with E-state index in [1.165, 1.54) is 0 Å². The molecule has 1 aliphatic heterocycles. The lowest BCUT2D eigenvalue weighted by molar-refractivity contribution is 1.01. The van der Waals surface area contributed by atoms with E-state index in [1.807, 2.05) is 231 Å². The smallest absolute Gasteiger partial charge is 0.238 e. The van der Waals surface area contributed by atoms with Gasteiger partial charge in [0.15, 0.2) is 46.6 Å². The van der Waals surface area contributed by atoms with Crippen molar-refractivity contribution < 1.29 is 0 Å². The van der Waals surface area contributed by atoms with E-state index in [1.54, 1.807) is 0 Å². The number of aromatic nitrogens is 9. The third-order valence-corrected chi connectivity index (χ3v) is 14.2. The summed E-state index contributed by atoms with van der Waals surface area (Å²) in [7, 11) is 0. The average molecular weight is 1050 g/mol. The van der Waals surface area contributed by atoms with E-state index in [2.05, 4.69) is 52.3 Å². The summed E-state index contributed by atoms with van der Waals surface area (Å²) in [5, 5.41) is 10.2. The van der Waals surface area contributed by atoms with Gasteiger partial charge in [-0.15, -0.1) is 0 Å². The Kier molecular flexibility index (Phi) is 12.6. The van der Waals surface area contributed by atoms with Gasteiger partial charge in [0.2, 0.25) is 5.95 Å². The first-order valence-electron chi connectivity index (χ1n) is 26.7. The van der Waals surface area contributed by atoms with Crippen LogP contribution in [0.15, 0.2) is 267 Å². The Labute approximate surface area is 472 Å². The highest BCUT2D eigenvalue weighted by molar-refractivity contribution is 6.07. The second kappa shape index (κ2) is 21.3. The van der Waals surface area contributed by atoms with Gasteiger partial charge in [-0.05, 0) is 54.1 Å². The Hall–Kier alpha value is -11.7. The lowest BCUT2D eigenvalue weighted by Gasteiger charge is -2.40. The predicted octanol–water partition coefficient (Wildman–Crippen LogP) is 16.4. The molecule has 0 aliphatic carbocycles. The molecule has 0 fully saturated rings. The van der Waals surface area contributed by atoms with E-state index in [0.717, 1.165) is 72.9 Å². The molecule has 384 valence electrons. The molecule has 82 heavy (non-hydrogen) atoms. The van der Waals surface area contributed by atoms with Crippen molar-refractivity contribution in [1.29, 1.82) is 5.26 Å². The van der Waals surface area contributed by atoms with Crippen molar-refractivity contribution in [2.45, 2.75) is 0 Å². The largest absolute Gasteiger partial charge is 0.305 e. The van der Waals surface area contributed by atoms with E-state index in [0.29, 0.717) is 69.2 Å². The third kappa shape index (κ3) is 9.31. The zero-order valence-electron chi connectivity index (χ0n) is 43.8. The summed E-state index contributed by atoms with van der Waals surface area (Å²) in [6.07, 6.45) is 0. The molecule has 0 N–H and O–H groups in total. The minimum Gasteiger partial charge on any atom is -0.305 e. The Bertz CT molecular complexity index is 4290. The summed E-state index contributed by atoms with van der Waals surface area (Å²) in [6, 6.07) is 90.5. The monoisotopic (exact) mass is 1050 g/mol. The van der Waals surface area contributed by atoms with E-state index >= 15 is 0 Å². The molecular weight excluding hydrogens is 1010 g/mol. The van der Waals surface area contributed by atoms with Crippen molar-refractivity contribution in [1.82, 2.24) is 44.9 Å². The lowest BCUT2D eigenvalue weighted by atomic mass is 9.92. The molecule has 0 spiro atoms. The van der Waals surface area contributed by atoms with E-state index in [9.17, 15) is 5.26 Å². The van der Waals surface area contributed by atoms with Gasteiger partial charge in [0, 0.05) is 50.1 Å². The van der Waals surface area contributed by atoms with E-state index < -0.39 is 0 Å². The number of rotatable bonds is 11. The summed E-state index contributed by atoms with van der Waals surface area (Å²) >= 11 is 0. The number of hydrogen-bond donors (Lipinski definition) is 0. The molecule has 0 unspecified atom stereocenters. The van der Waals surface area contributed by atoms with E-state index in [-0.39, 0.29) is 0 Å². The molecule has 1 aliphatic rings. The minimum absolute atomic E-state index is 0.398. The minimum atomic E-state index is 0.398. The summed E-state index contributed by atoms with van der Waals surface area (Å²) < 4.78 is 0. The highest BCUT2D eigenvalue weighted by atomic mass is 15.3. The Morgan fingerprint density at radius 2 is 0.524 bits per heavy atom. The summed E-state index contributed by atoms with van der Waals surface area (Å²) in [5.41, 5.74) is 12.4. The van der Waals surface area contributed by atoms with Crippen molar-refractivity contribution in [3.63, 3.8) is 0 Å². The number of para-hydroxylation sites is 4. The maximum Gasteiger partial charge on any atom is 0.238 e. The van der Waals surface area contributed by atoms with Gasteiger partial charge < -0.3 is 4.90 Å². The number of hydrogen-bond acceptors (Lipinski definition) is 12. The van der Waals surface area contributed by atoms with Gasteiger partial charge in [0.1, 0.15) is 0 Å². The normalized spacial score (nSPS) is 11.6. The number of nitriles is 1. The van der Waals surface area contributed by atoms with Crippen molar-refractivity contribution >= 4 is 34.4 Å². The van der Waals surface area contributed by atoms with Gasteiger partial charge in [0.25, 0.3) is 0 Å². The van der Waals surface area contributed by atoms with Crippen LogP contribution in [0.3, 0.4) is 0 Å². The zero-order valence-corrected chi connectivity index (χ0v) is 43.8. The van der Waals surface area contributed by atoms with Crippen LogP contribution in [0.2, 0.25) is 0 Å². The molecule has 0 saturated carbocycles.